The van der Waals surface area contributed by atoms with Crippen LogP contribution >= 0.6 is 0 Å². The first kappa shape index (κ1) is 11.0. The molecule has 2 heteroatoms. The molecule has 1 atom stereocenters. The van der Waals surface area contributed by atoms with Crippen LogP contribution in [0.3, 0.4) is 0 Å². The molecule has 0 spiro atoms. The van der Waals surface area contributed by atoms with Gasteiger partial charge in [-0.05, 0) is 39.2 Å². The van der Waals surface area contributed by atoms with Gasteiger partial charge in [-0.25, -0.2) is 0 Å². The van der Waals surface area contributed by atoms with Gasteiger partial charge < -0.3 is 5.73 Å². The van der Waals surface area contributed by atoms with E-state index in [0.717, 1.165) is 6.54 Å². The summed E-state index contributed by atoms with van der Waals surface area (Å²) in [4.78, 5) is 2.49. The van der Waals surface area contributed by atoms with E-state index in [9.17, 15) is 0 Å². The Morgan fingerprint density at radius 2 is 1.85 bits per heavy atom. The van der Waals surface area contributed by atoms with Crippen molar-refractivity contribution in [2.45, 2.75) is 52.6 Å². The summed E-state index contributed by atoms with van der Waals surface area (Å²) in [5.41, 5.74) is 6.75. The van der Waals surface area contributed by atoms with E-state index >= 15 is 0 Å². The van der Waals surface area contributed by atoms with Crippen LogP contribution in [0.15, 0.2) is 0 Å². The number of rotatable bonds is 0. The van der Waals surface area contributed by atoms with Crippen LogP contribution in [0.2, 0.25) is 0 Å². The topological polar surface area (TPSA) is 29.3 Å². The first-order valence-corrected chi connectivity index (χ1v) is 5.24. The molecule has 1 unspecified atom stereocenters. The van der Waals surface area contributed by atoms with Crippen molar-refractivity contribution < 1.29 is 0 Å². The summed E-state index contributed by atoms with van der Waals surface area (Å²) in [7, 11) is 0. The molecule has 0 radical (unpaired) electrons. The normalized spacial score (nSPS) is 30.5. The van der Waals surface area contributed by atoms with Crippen molar-refractivity contribution in [1.29, 1.82) is 0 Å². The van der Waals surface area contributed by atoms with E-state index in [0.29, 0.717) is 11.5 Å². The average molecular weight is 184 g/mol. The molecule has 78 valence electrons. The van der Waals surface area contributed by atoms with E-state index in [4.69, 9.17) is 5.73 Å². The summed E-state index contributed by atoms with van der Waals surface area (Å²) < 4.78 is 0. The first-order valence-electron chi connectivity index (χ1n) is 5.24. The van der Waals surface area contributed by atoms with Gasteiger partial charge >= 0.3 is 0 Å². The SMILES string of the molecule is CC1(C)CCN(C(C)(C)C)CC1N. The van der Waals surface area contributed by atoms with Gasteiger partial charge in [0.05, 0.1) is 0 Å². The lowest BCUT2D eigenvalue weighted by Crippen LogP contribution is -2.57. The zero-order chi connectivity index (χ0) is 10.3. The quantitative estimate of drug-likeness (QED) is 0.622. The number of hydrogen-bond acceptors (Lipinski definition) is 2. The highest BCUT2D eigenvalue weighted by molar-refractivity contribution is 4.93. The molecule has 1 heterocycles. The molecular weight excluding hydrogens is 160 g/mol. The molecule has 1 rings (SSSR count). The Bertz CT molecular complexity index is 179. The maximum absolute atomic E-state index is 6.16. The largest absolute Gasteiger partial charge is 0.326 e. The standard InChI is InChI=1S/C11H24N2/c1-10(2,3)13-7-6-11(4,5)9(12)8-13/h9H,6-8,12H2,1-5H3. The Morgan fingerprint density at radius 1 is 1.31 bits per heavy atom. The van der Waals surface area contributed by atoms with Crippen LogP contribution in [0.4, 0.5) is 0 Å². The summed E-state index contributed by atoms with van der Waals surface area (Å²) in [6.45, 7) is 13.6. The Balaban J connectivity index is 2.61. The summed E-state index contributed by atoms with van der Waals surface area (Å²) >= 11 is 0. The van der Waals surface area contributed by atoms with E-state index in [2.05, 4.69) is 39.5 Å². The fourth-order valence-electron chi connectivity index (χ4n) is 1.79. The van der Waals surface area contributed by atoms with Gasteiger partial charge in [-0.15, -0.1) is 0 Å². The van der Waals surface area contributed by atoms with Crippen molar-refractivity contribution >= 4 is 0 Å². The van der Waals surface area contributed by atoms with Crippen LogP contribution < -0.4 is 5.73 Å². The maximum atomic E-state index is 6.16. The fraction of sp³-hybridized carbons (Fsp3) is 1.00. The van der Waals surface area contributed by atoms with E-state index in [1.54, 1.807) is 0 Å². The predicted molar refractivity (Wildman–Crippen MR) is 57.7 cm³/mol. The fourth-order valence-corrected chi connectivity index (χ4v) is 1.79. The molecule has 0 aromatic carbocycles. The monoisotopic (exact) mass is 184 g/mol. The summed E-state index contributed by atoms with van der Waals surface area (Å²) in [5.74, 6) is 0. The molecule has 0 bridgehead atoms. The van der Waals surface area contributed by atoms with Crippen LogP contribution in [-0.4, -0.2) is 29.6 Å². The van der Waals surface area contributed by atoms with E-state index in [1.807, 2.05) is 0 Å². The first-order chi connectivity index (χ1) is 5.73. The van der Waals surface area contributed by atoms with Gasteiger partial charge in [-0.1, -0.05) is 13.8 Å². The molecule has 0 saturated carbocycles. The average Bonchev–Trinajstić information content (AvgIpc) is 1.92. The lowest BCUT2D eigenvalue weighted by Gasteiger charge is -2.47. The molecule has 13 heavy (non-hydrogen) atoms. The second kappa shape index (κ2) is 3.25. The van der Waals surface area contributed by atoms with Crippen molar-refractivity contribution in [3.8, 4) is 0 Å². The number of piperidine rings is 1. The van der Waals surface area contributed by atoms with Crippen molar-refractivity contribution in [1.82, 2.24) is 4.90 Å². The highest BCUT2D eigenvalue weighted by Crippen LogP contribution is 2.31. The number of likely N-dealkylation sites (tertiary alicyclic amines) is 1. The Labute approximate surface area is 82.5 Å². The summed E-state index contributed by atoms with van der Waals surface area (Å²) in [6.07, 6.45) is 1.21. The Morgan fingerprint density at radius 3 is 2.23 bits per heavy atom. The molecule has 2 nitrogen and oxygen atoms in total. The van der Waals surface area contributed by atoms with Crippen LogP contribution in [0.25, 0.3) is 0 Å². The molecule has 1 aliphatic rings. The van der Waals surface area contributed by atoms with Crippen LogP contribution in [-0.2, 0) is 0 Å². The predicted octanol–water partition coefficient (Wildman–Crippen LogP) is 1.84. The highest BCUT2D eigenvalue weighted by Gasteiger charge is 2.36. The zero-order valence-electron chi connectivity index (χ0n) is 9.72. The van der Waals surface area contributed by atoms with Crippen molar-refractivity contribution in [3.63, 3.8) is 0 Å². The highest BCUT2D eigenvalue weighted by atomic mass is 15.2. The van der Waals surface area contributed by atoms with Crippen molar-refractivity contribution in [3.05, 3.63) is 0 Å². The second-order valence-corrected chi connectivity index (χ2v) is 5.96. The van der Waals surface area contributed by atoms with Crippen LogP contribution in [0.1, 0.15) is 41.0 Å². The Kier molecular flexibility index (Phi) is 2.75. The van der Waals surface area contributed by atoms with Gasteiger partial charge in [0.2, 0.25) is 0 Å². The molecule has 0 aliphatic carbocycles. The lowest BCUT2D eigenvalue weighted by molar-refractivity contribution is 0.0419. The van der Waals surface area contributed by atoms with Gasteiger partial charge in [0.15, 0.2) is 0 Å². The summed E-state index contributed by atoms with van der Waals surface area (Å²) in [6, 6.07) is 0.320. The van der Waals surface area contributed by atoms with Crippen LogP contribution in [0, 0.1) is 5.41 Å². The second-order valence-electron chi connectivity index (χ2n) is 5.96. The number of hydrogen-bond donors (Lipinski definition) is 1. The third kappa shape index (κ3) is 2.44. The molecule has 1 saturated heterocycles. The molecule has 1 fully saturated rings. The molecule has 0 amide bonds. The van der Waals surface area contributed by atoms with E-state index < -0.39 is 0 Å². The van der Waals surface area contributed by atoms with E-state index in [-0.39, 0.29) is 5.54 Å². The molecule has 0 aromatic heterocycles. The number of nitrogens with zero attached hydrogens (tertiary/aromatic N) is 1. The van der Waals surface area contributed by atoms with Crippen molar-refractivity contribution in [2.75, 3.05) is 13.1 Å². The van der Waals surface area contributed by atoms with Gasteiger partial charge in [-0.2, -0.15) is 0 Å². The number of nitrogens with two attached hydrogens (primary N) is 1. The molecule has 1 aliphatic heterocycles. The maximum Gasteiger partial charge on any atom is 0.0220 e. The van der Waals surface area contributed by atoms with Crippen molar-refractivity contribution in [2.24, 2.45) is 11.1 Å². The minimum Gasteiger partial charge on any atom is -0.326 e. The van der Waals surface area contributed by atoms with Gasteiger partial charge in [0, 0.05) is 18.1 Å². The third-order valence-electron chi connectivity index (χ3n) is 3.40. The minimum absolute atomic E-state index is 0.272. The molecule has 2 N–H and O–H groups in total. The third-order valence-corrected chi connectivity index (χ3v) is 3.40. The lowest BCUT2D eigenvalue weighted by atomic mass is 9.77. The minimum atomic E-state index is 0.272. The van der Waals surface area contributed by atoms with Gasteiger partial charge in [-0.3, -0.25) is 4.90 Å². The zero-order valence-corrected chi connectivity index (χ0v) is 9.72. The Hall–Kier alpha value is -0.0800. The van der Waals surface area contributed by atoms with Crippen LogP contribution in [0.5, 0.6) is 0 Å². The van der Waals surface area contributed by atoms with E-state index in [1.165, 1.54) is 13.0 Å². The summed E-state index contributed by atoms with van der Waals surface area (Å²) in [5, 5.41) is 0. The molecular formula is C11H24N2. The van der Waals surface area contributed by atoms with Gasteiger partial charge in [0.1, 0.15) is 0 Å². The van der Waals surface area contributed by atoms with Gasteiger partial charge in [0.25, 0.3) is 0 Å². The molecule has 0 aromatic rings. The smallest absolute Gasteiger partial charge is 0.0220 e.